The lowest BCUT2D eigenvalue weighted by atomic mass is 10.3. The number of fused-ring (bicyclic) bond motifs is 1. The third kappa shape index (κ3) is 4.00. The van der Waals surface area contributed by atoms with E-state index in [1.54, 1.807) is 72.8 Å². The van der Waals surface area contributed by atoms with Gasteiger partial charge in [0.1, 0.15) is 5.75 Å². The molecule has 0 bridgehead atoms. The first-order chi connectivity index (χ1) is 15.9. The smallest absolute Gasteiger partial charge is 0.453 e. The molecule has 4 aromatic carbocycles. The third-order valence-corrected chi connectivity index (χ3v) is 9.69. The molecule has 0 atom stereocenters. The highest BCUT2D eigenvalue weighted by Crippen LogP contribution is 2.54. The van der Waals surface area contributed by atoms with Crippen LogP contribution in [-0.4, -0.2) is 6.29 Å². The van der Waals surface area contributed by atoms with Crippen molar-refractivity contribution in [2.24, 2.45) is 0 Å². The van der Waals surface area contributed by atoms with E-state index in [9.17, 15) is 13.3 Å². The van der Waals surface area contributed by atoms with Gasteiger partial charge in [0.2, 0.25) is 5.75 Å². The zero-order valence-corrected chi connectivity index (χ0v) is 20.0. The van der Waals surface area contributed by atoms with E-state index in [1.165, 1.54) is 6.07 Å². The first kappa shape index (κ1) is 21.9. The summed E-state index contributed by atoms with van der Waals surface area (Å²) >= 11 is 1.88. The number of hydrogen-bond donors (Lipinski definition) is 0. The molecule has 4 nitrogen and oxygen atoms in total. The van der Waals surface area contributed by atoms with Crippen LogP contribution in [0.4, 0.5) is 8.78 Å². The molecule has 1 aliphatic rings. The third-order valence-electron chi connectivity index (χ3n) is 5.11. The van der Waals surface area contributed by atoms with Crippen molar-refractivity contribution in [3.05, 3.63) is 101 Å². The minimum atomic E-state index is -3.86. The maximum Gasteiger partial charge on any atom is 0.586 e. The Labute approximate surface area is 202 Å². The molecular weight excluding hydrogens is 560 g/mol. The van der Waals surface area contributed by atoms with Crippen LogP contribution in [0.3, 0.4) is 0 Å². The van der Waals surface area contributed by atoms with Gasteiger partial charge in [-0.05, 0) is 40.8 Å². The first-order valence-corrected chi connectivity index (χ1v) is 12.7. The van der Waals surface area contributed by atoms with E-state index in [2.05, 4.69) is 0 Å². The second-order valence-corrected chi connectivity index (χ2v) is 11.0. The van der Waals surface area contributed by atoms with Gasteiger partial charge in [-0.1, -0.05) is 78.9 Å². The monoisotopic (exact) mass is 576 g/mol. The van der Waals surface area contributed by atoms with Gasteiger partial charge in [0.05, 0.1) is 3.57 Å². The molecule has 5 rings (SSSR count). The Balaban J connectivity index is 1.78. The van der Waals surface area contributed by atoms with Crippen molar-refractivity contribution in [2.75, 3.05) is 0 Å². The molecule has 0 N–H and O–H groups in total. The predicted octanol–water partition coefficient (Wildman–Crippen LogP) is 6.04. The molecule has 0 spiro atoms. The molecule has 8 heteroatoms. The summed E-state index contributed by atoms with van der Waals surface area (Å²) in [6, 6.07) is 28.1. The van der Waals surface area contributed by atoms with Crippen molar-refractivity contribution < 1.29 is 27.6 Å². The van der Waals surface area contributed by atoms with E-state index in [-0.39, 0.29) is 20.8 Å². The fourth-order valence-corrected chi connectivity index (χ4v) is 7.90. The van der Waals surface area contributed by atoms with E-state index >= 15 is 0 Å². The summed E-state index contributed by atoms with van der Waals surface area (Å²) in [5.41, 5.74) is 0. The van der Waals surface area contributed by atoms with E-state index in [0.29, 0.717) is 21.7 Å². The summed E-state index contributed by atoms with van der Waals surface area (Å²) in [6.07, 6.45) is -3.86. The van der Waals surface area contributed by atoms with Crippen LogP contribution in [0, 0.1) is 3.57 Å². The summed E-state index contributed by atoms with van der Waals surface area (Å²) in [7, 11) is -3.49. The Kier molecular flexibility index (Phi) is 5.62. The average Bonchev–Trinajstić information content (AvgIpc) is 3.18. The van der Waals surface area contributed by atoms with Crippen molar-refractivity contribution in [3.63, 3.8) is 0 Å². The highest BCUT2D eigenvalue weighted by molar-refractivity contribution is 14.1. The van der Waals surface area contributed by atoms with Gasteiger partial charge in [0.15, 0.2) is 18.6 Å². The van der Waals surface area contributed by atoms with Crippen LogP contribution in [-0.2, 0) is 4.57 Å². The maximum atomic E-state index is 14.9. The Morgan fingerprint density at radius 1 is 0.758 bits per heavy atom. The Hall–Kier alpha value is -2.90. The molecule has 0 unspecified atom stereocenters. The van der Waals surface area contributed by atoms with Crippen molar-refractivity contribution in [1.29, 1.82) is 0 Å². The van der Waals surface area contributed by atoms with Gasteiger partial charge in [-0.25, -0.2) is 0 Å². The van der Waals surface area contributed by atoms with E-state index in [1.807, 2.05) is 40.8 Å². The van der Waals surface area contributed by atoms with Crippen LogP contribution in [0.1, 0.15) is 0 Å². The Morgan fingerprint density at radius 2 is 1.24 bits per heavy atom. The summed E-state index contributed by atoms with van der Waals surface area (Å²) in [6.45, 7) is 0. The quantitative estimate of drug-likeness (QED) is 0.215. The van der Waals surface area contributed by atoms with Crippen LogP contribution in [0.25, 0.3) is 0 Å². The summed E-state index contributed by atoms with van der Waals surface area (Å²) < 4.78 is 59.0. The fraction of sp³-hybridized carbons (Fsp3) is 0.0400. The normalized spacial score (nSPS) is 14.2. The van der Waals surface area contributed by atoms with Crippen LogP contribution in [0.15, 0.2) is 97.1 Å². The van der Waals surface area contributed by atoms with Crippen LogP contribution in [0.2, 0.25) is 0 Å². The molecule has 0 amide bonds. The van der Waals surface area contributed by atoms with Crippen molar-refractivity contribution in [1.82, 2.24) is 0 Å². The summed E-state index contributed by atoms with van der Waals surface area (Å²) in [5, 5.41) is 1.45. The minimum absolute atomic E-state index is 0.00382. The van der Waals surface area contributed by atoms with Gasteiger partial charge in [0, 0.05) is 15.9 Å². The highest BCUT2D eigenvalue weighted by Gasteiger charge is 2.48. The van der Waals surface area contributed by atoms with E-state index in [4.69, 9.17) is 14.2 Å². The molecule has 1 aliphatic heterocycles. The topological polar surface area (TPSA) is 44.8 Å². The molecule has 0 fully saturated rings. The van der Waals surface area contributed by atoms with Crippen molar-refractivity contribution in [3.8, 4) is 23.0 Å². The molecule has 0 saturated heterocycles. The SMILES string of the molecule is O=P(c1ccccc1)(c1ccccc1)c1cc(Oc2ccccc2)c2c(c1I)OC(F)(F)O2. The Bertz CT molecular complexity index is 1310. The predicted molar refractivity (Wildman–Crippen MR) is 131 cm³/mol. The second kappa shape index (κ2) is 8.47. The number of rotatable bonds is 5. The molecular formula is C25H16F2IO4P. The van der Waals surface area contributed by atoms with Gasteiger partial charge >= 0.3 is 6.29 Å². The largest absolute Gasteiger partial charge is 0.586 e. The Morgan fingerprint density at radius 3 is 1.79 bits per heavy atom. The van der Waals surface area contributed by atoms with E-state index < -0.39 is 13.4 Å². The number of hydrogen-bond acceptors (Lipinski definition) is 4. The molecule has 1 heterocycles. The van der Waals surface area contributed by atoms with Gasteiger partial charge in [0.25, 0.3) is 0 Å². The van der Waals surface area contributed by atoms with Gasteiger partial charge < -0.3 is 18.8 Å². The summed E-state index contributed by atoms with van der Waals surface area (Å²) in [5.74, 6) is -0.0170. The van der Waals surface area contributed by atoms with Crippen molar-refractivity contribution in [2.45, 2.75) is 6.29 Å². The lowest BCUT2D eigenvalue weighted by Gasteiger charge is -2.22. The average molecular weight is 576 g/mol. The van der Waals surface area contributed by atoms with E-state index in [0.717, 1.165) is 0 Å². The minimum Gasteiger partial charge on any atom is -0.453 e. The molecule has 0 aliphatic carbocycles. The first-order valence-electron chi connectivity index (χ1n) is 9.95. The lowest BCUT2D eigenvalue weighted by Crippen LogP contribution is -2.28. The zero-order valence-electron chi connectivity index (χ0n) is 17.0. The number of alkyl halides is 2. The number of benzene rings is 4. The maximum absolute atomic E-state index is 14.9. The van der Waals surface area contributed by atoms with Crippen LogP contribution in [0.5, 0.6) is 23.0 Å². The number of ether oxygens (including phenoxy) is 3. The molecule has 0 radical (unpaired) electrons. The van der Waals surface area contributed by atoms with Crippen LogP contribution < -0.4 is 30.1 Å². The second-order valence-electron chi connectivity index (χ2n) is 7.23. The van der Waals surface area contributed by atoms with Gasteiger partial charge in [-0.15, -0.1) is 8.78 Å². The highest BCUT2D eigenvalue weighted by atomic mass is 127. The molecule has 33 heavy (non-hydrogen) atoms. The van der Waals surface area contributed by atoms with Crippen molar-refractivity contribution >= 4 is 45.6 Å². The number of para-hydroxylation sites is 1. The molecule has 0 saturated carbocycles. The standard InChI is InChI=1S/C25H16F2IO4P/c26-25(27)31-23-20(30-17-10-4-1-5-11-17)16-21(22(28)24(23)32-25)33(29,18-12-6-2-7-13-18)19-14-8-3-9-15-19/h1-16H. The lowest BCUT2D eigenvalue weighted by molar-refractivity contribution is -0.287. The summed E-state index contributed by atoms with van der Waals surface area (Å²) in [4.78, 5) is 0. The van der Waals surface area contributed by atoms with Crippen LogP contribution >= 0.6 is 29.7 Å². The van der Waals surface area contributed by atoms with Gasteiger partial charge in [-0.3, -0.25) is 0 Å². The fourth-order valence-electron chi connectivity index (χ4n) is 3.65. The molecule has 4 aromatic rings. The number of halogens is 3. The van der Waals surface area contributed by atoms with Gasteiger partial charge in [-0.2, -0.15) is 0 Å². The zero-order chi connectivity index (χ0) is 23.1. The molecule has 0 aromatic heterocycles. The molecule has 166 valence electrons.